The Hall–Kier alpha value is -2.93. The van der Waals surface area contributed by atoms with Gasteiger partial charge >= 0.3 is 5.97 Å². The van der Waals surface area contributed by atoms with Crippen LogP contribution in [-0.2, 0) is 28.9 Å². The van der Waals surface area contributed by atoms with E-state index in [0.29, 0.717) is 24.5 Å². The first-order chi connectivity index (χ1) is 14.0. The first kappa shape index (κ1) is 19.4. The summed E-state index contributed by atoms with van der Waals surface area (Å²) in [7, 11) is 1.41. The summed E-state index contributed by atoms with van der Waals surface area (Å²) in [6.45, 7) is 4.63. The second-order valence-corrected chi connectivity index (χ2v) is 7.88. The third kappa shape index (κ3) is 4.56. The van der Waals surface area contributed by atoms with Crippen molar-refractivity contribution >= 4 is 11.6 Å². The number of rotatable bonds is 6. The number of likely N-dealkylation sites (tertiary alicyclic amines) is 1. The maximum atomic E-state index is 12.3. The Balaban J connectivity index is 1.34. The van der Waals surface area contributed by atoms with Gasteiger partial charge in [-0.3, -0.25) is 19.6 Å². The van der Waals surface area contributed by atoms with Crippen LogP contribution >= 0.6 is 0 Å². The van der Waals surface area contributed by atoms with Gasteiger partial charge < -0.3 is 4.74 Å². The lowest BCUT2D eigenvalue weighted by Crippen LogP contribution is -2.24. The maximum Gasteiger partial charge on any atom is 0.309 e. The lowest BCUT2D eigenvalue weighted by atomic mass is 9.97. The second-order valence-electron chi connectivity index (χ2n) is 7.88. The molecule has 1 aromatic carbocycles. The van der Waals surface area contributed by atoms with Gasteiger partial charge in [0.1, 0.15) is 0 Å². The molecule has 0 aliphatic carbocycles. The fourth-order valence-corrected chi connectivity index (χ4v) is 4.06. The van der Waals surface area contributed by atoms with Crippen molar-refractivity contribution in [3.63, 3.8) is 0 Å². The van der Waals surface area contributed by atoms with Crippen molar-refractivity contribution < 1.29 is 9.53 Å². The number of ether oxygens (including phenoxy) is 1. The van der Waals surface area contributed by atoms with E-state index in [1.54, 1.807) is 6.07 Å². The Bertz CT molecular complexity index is 1070. The van der Waals surface area contributed by atoms with Crippen molar-refractivity contribution in [3.05, 3.63) is 69.3 Å². The van der Waals surface area contributed by atoms with Crippen molar-refractivity contribution in [2.24, 2.45) is 5.92 Å². The number of aromatic amines is 1. The Kier molecular flexibility index (Phi) is 5.49. The van der Waals surface area contributed by atoms with Crippen LogP contribution in [0.2, 0.25) is 0 Å². The zero-order valence-electron chi connectivity index (χ0n) is 16.9. The molecule has 7 heteroatoms. The van der Waals surface area contributed by atoms with Crippen LogP contribution in [0.4, 0.5) is 0 Å². The fourth-order valence-electron chi connectivity index (χ4n) is 4.06. The van der Waals surface area contributed by atoms with E-state index >= 15 is 0 Å². The SMILES string of the molecule is COC(=O)Cc1ccc(CC2CCN(Cc3cc(=O)n4[nH]c(C)cc4n3)C2)cc1. The number of hydrogen-bond donors (Lipinski definition) is 1. The number of carbonyl (C=O) groups is 1. The Morgan fingerprint density at radius 1 is 1.24 bits per heavy atom. The van der Waals surface area contributed by atoms with E-state index in [-0.39, 0.29) is 11.5 Å². The predicted molar refractivity (Wildman–Crippen MR) is 110 cm³/mol. The van der Waals surface area contributed by atoms with Crippen molar-refractivity contribution in [1.82, 2.24) is 19.5 Å². The zero-order chi connectivity index (χ0) is 20.4. The van der Waals surface area contributed by atoms with Gasteiger partial charge in [0.05, 0.1) is 19.2 Å². The average molecular weight is 394 g/mol. The normalized spacial score (nSPS) is 17.1. The Morgan fingerprint density at radius 3 is 2.76 bits per heavy atom. The standard InChI is InChI=1S/C22H26N4O3/c1-15-9-20-23-19(12-21(27)26(20)24-15)14-25-8-7-18(13-25)10-16-3-5-17(6-4-16)11-22(28)29-2/h3-6,9,12,18,24H,7-8,10-11,13-14H2,1-2H3. The smallest absolute Gasteiger partial charge is 0.309 e. The van der Waals surface area contributed by atoms with Gasteiger partial charge in [-0.25, -0.2) is 9.50 Å². The molecule has 1 aliphatic rings. The lowest BCUT2D eigenvalue weighted by Gasteiger charge is -2.15. The molecule has 2 aromatic heterocycles. The van der Waals surface area contributed by atoms with E-state index in [1.807, 2.05) is 25.1 Å². The highest BCUT2D eigenvalue weighted by atomic mass is 16.5. The van der Waals surface area contributed by atoms with E-state index in [4.69, 9.17) is 4.74 Å². The highest BCUT2D eigenvalue weighted by Gasteiger charge is 2.23. The van der Waals surface area contributed by atoms with E-state index in [1.165, 1.54) is 17.2 Å². The first-order valence-electron chi connectivity index (χ1n) is 9.95. The quantitative estimate of drug-likeness (QED) is 0.648. The van der Waals surface area contributed by atoms with E-state index in [2.05, 4.69) is 27.1 Å². The van der Waals surface area contributed by atoms with Crippen LogP contribution in [-0.4, -0.2) is 45.7 Å². The molecule has 152 valence electrons. The van der Waals surface area contributed by atoms with Crippen LogP contribution in [0.25, 0.3) is 5.65 Å². The predicted octanol–water partition coefficient (Wildman–Crippen LogP) is 2.11. The van der Waals surface area contributed by atoms with Gasteiger partial charge in [0.2, 0.25) is 0 Å². The van der Waals surface area contributed by atoms with Crippen LogP contribution in [0.3, 0.4) is 0 Å². The van der Waals surface area contributed by atoms with E-state index in [9.17, 15) is 9.59 Å². The average Bonchev–Trinajstić information content (AvgIpc) is 3.29. The number of aromatic nitrogens is 3. The summed E-state index contributed by atoms with van der Waals surface area (Å²) in [4.78, 5) is 30.6. The van der Waals surface area contributed by atoms with Crippen LogP contribution in [0.15, 0.2) is 41.2 Å². The van der Waals surface area contributed by atoms with Gasteiger partial charge in [-0.1, -0.05) is 24.3 Å². The highest BCUT2D eigenvalue weighted by molar-refractivity contribution is 5.72. The fraction of sp³-hybridized carbons (Fsp3) is 0.409. The first-order valence-corrected chi connectivity index (χ1v) is 9.95. The maximum absolute atomic E-state index is 12.3. The Morgan fingerprint density at radius 2 is 2.00 bits per heavy atom. The van der Waals surface area contributed by atoms with Crippen LogP contribution in [0, 0.1) is 12.8 Å². The largest absolute Gasteiger partial charge is 0.469 e. The third-order valence-corrected chi connectivity index (χ3v) is 5.51. The molecule has 0 saturated carbocycles. The van der Waals surface area contributed by atoms with Gasteiger partial charge in [0.15, 0.2) is 5.65 Å². The molecule has 1 N–H and O–H groups in total. The monoisotopic (exact) mass is 394 g/mol. The molecule has 1 atom stereocenters. The van der Waals surface area contributed by atoms with Gasteiger partial charge in [-0.05, 0) is 43.4 Å². The Labute approximate surface area is 169 Å². The minimum absolute atomic E-state index is 0.0686. The topological polar surface area (TPSA) is 79.7 Å². The minimum Gasteiger partial charge on any atom is -0.469 e. The summed E-state index contributed by atoms with van der Waals surface area (Å²) in [6.07, 6.45) is 2.46. The number of methoxy groups -OCH3 is 1. The third-order valence-electron chi connectivity index (χ3n) is 5.51. The summed E-state index contributed by atoms with van der Waals surface area (Å²) < 4.78 is 6.19. The molecular weight excluding hydrogens is 368 g/mol. The number of aryl methyl sites for hydroxylation is 1. The van der Waals surface area contributed by atoms with E-state index < -0.39 is 0 Å². The number of hydrogen-bond acceptors (Lipinski definition) is 5. The number of nitrogens with zero attached hydrogens (tertiary/aromatic N) is 3. The molecule has 4 rings (SSSR count). The van der Waals surface area contributed by atoms with Crippen molar-refractivity contribution in [2.45, 2.75) is 32.7 Å². The molecule has 7 nitrogen and oxygen atoms in total. The van der Waals surface area contributed by atoms with Crippen molar-refractivity contribution in [3.8, 4) is 0 Å². The molecule has 1 saturated heterocycles. The molecule has 0 spiro atoms. The number of nitrogens with one attached hydrogen (secondary N) is 1. The summed E-state index contributed by atoms with van der Waals surface area (Å²) in [5, 5.41) is 3.00. The molecule has 29 heavy (non-hydrogen) atoms. The number of carbonyl (C=O) groups excluding carboxylic acids is 1. The summed E-state index contributed by atoms with van der Waals surface area (Å²) in [5.74, 6) is 0.367. The molecule has 0 bridgehead atoms. The number of H-pyrrole nitrogens is 1. The number of esters is 1. The number of benzene rings is 1. The van der Waals surface area contributed by atoms with Gasteiger partial charge in [0, 0.05) is 30.9 Å². The summed E-state index contributed by atoms with van der Waals surface area (Å²) in [6, 6.07) is 11.7. The minimum atomic E-state index is -0.217. The summed E-state index contributed by atoms with van der Waals surface area (Å²) >= 11 is 0. The molecule has 1 unspecified atom stereocenters. The van der Waals surface area contributed by atoms with Crippen LogP contribution < -0.4 is 5.56 Å². The highest BCUT2D eigenvalue weighted by Crippen LogP contribution is 2.22. The lowest BCUT2D eigenvalue weighted by molar-refractivity contribution is -0.139. The van der Waals surface area contributed by atoms with Crippen LogP contribution in [0.5, 0.6) is 0 Å². The number of fused-ring (bicyclic) bond motifs is 1. The van der Waals surface area contributed by atoms with Crippen molar-refractivity contribution in [2.75, 3.05) is 20.2 Å². The van der Waals surface area contributed by atoms with Crippen LogP contribution in [0.1, 0.15) is 28.9 Å². The van der Waals surface area contributed by atoms with Gasteiger partial charge in [0.25, 0.3) is 5.56 Å². The molecule has 3 heterocycles. The molecule has 1 fully saturated rings. The van der Waals surface area contributed by atoms with E-state index in [0.717, 1.165) is 42.9 Å². The van der Waals surface area contributed by atoms with Gasteiger partial charge in [-0.15, -0.1) is 0 Å². The molecule has 3 aromatic rings. The molecule has 0 radical (unpaired) electrons. The van der Waals surface area contributed by atoms with Gasteiger partial charge in [-0.2, -0.15) is 0 Å². The molecule has 1 aliphatic heterocycles. The van der Waals surface area contributed by atoms with Crippen molar-refractivity contribution in [1.29, 1.82) is 0 Å². The molecule has 0 amide bonds. The summed E-state index contributed by atoms with van der Waals surface area (Å²) in [5.41, 5.74) is 4.61. The zero-order valence-corrected chi connectivity index (χ0v) is 16.9. The molecular formula is C22H26N4O3. The second kappa shape index (κ2) is 8.21.